The van der Waals surface area contributed by atoms with Gasteiger partial charge >= 0.3 is 0 Å². The number of fused-ring (bicyclic) bond motifs is 1. The highest BCUT2D eigenvalue weighted by atomic mass is 35.5. The quantitative estimate of drug-likeness (QED) is 0.671. The molecule has 0 N–H and O–H groups in total. The highest BCUT2D eigenvalue weighted by molar-refractivity contribution is 6.29. The Morgan fingerprint density at radius 2 is 2.33 bits per heavy atom. The zero-order valence-electron chi connectivity index (χ0n) is 6.36. The fraction of sp³-hybridized carbons (Fsp3) is 0.143. The van der Waals surface area contributed by atoms with E-state index in [1.54, 1.807) is 30.0 Å². The van der Waals surface area contributed by atoms with E-state index in [9.17, 15) is 0 Å². The summed E-state index contributed by atoms with van der Waals surface area (Å²) in [6, 6.07) is 3.46. The van der Waals surface area contributed by atoms with Gasteiger partial charge in [0.2, 0.25) is 5.88 Å². The zero-order valence-corrected chi connectivity index (χ0v) is 7.12. The van der Waals surface area contributed by atoms with Gasteiger partial charge in [-0.2, -0.15) is 10.1 Å². The van der Waals surface area contributed by atoms with E-state index in [0.717, 1.165) is 5.65 Å². The number of aromatic nitrogens is 3. The van der Waals surface area contributed by atoms with Crippen molar-refractivity contribution in [3.05, 3.63) is 23.5 Å². The lowest BCUT2D eigenvalue weighted by atomic mass is 10.6. The minimum Gasteiger partial charge on any atom is -0.480 e. The molecule has 62 valence electrons. The van der Waals surface area contributed by atoms with E-state index < -0.39 is 0 Å². The van der Waals surface area contributed by atoms with Crippen LogP contribution in [0.2, 0.25) is 5.15 Å². The van der Waals surface area contributed by atoms with Crippen molar-refractivity contribution in [1.29, 1.82) is 0 Å². The Labute approximate surface area is 73.7 Å². The van der Waals surface area contributed by atoms with Gasteiger partial charge in [0.1, 0.15) is 5.15 Å². The molecule has 0 bridgehead atoms. The number of hydrogen-bond donors (Lipinski definition) is 0. The third-order valence-corrected chi connectivity index (χ3v) is 1.68. The fourth-order valence-corrected chi connectivity index (χ4v) is 1.08. The van der Waals surface area contributed by atoms with E-state index >= 15 is 0 Å². The summed E-state index contributed by atoms with van der Waals surface area (Å²) in [5.74, 6) is 0.532. The molecule has 4 nitrogen and oxygen atoms in total. The van der Waals surface area contributed by atoms with E-state index in [1.165, 1.54) is 0 Å². The van der Waals surface area contributed by atoms with Crippen LogP contribution in [0.25, 0.3) is 5.65 Å². The predicted octanol–water partition coefficient (Wildman–Crippen LogP) is 1.39. The standard InChI is InChI=1S/C7H6ClN3O/c1-12-7-4-11-6(9-7)3-2-5(8)10-11/h2-4H,1H3. The van der Waals surface area contributed by atoms with Gasteiger partial charge < -0.3 is 4.74 Å². The summed E-state index contributed by atoms with van der Waals surface area (Å²) in [5, 5.41) is 4.42. The fourth-order valence-electron chi connectivity index (χ4n) is 0.935. The number of nitrogens with zero attached hydrogens (tertiary/aromatic N) is 3. The van der Waals surface area contributed by atoms with Crippen molar-refractivity contribution in [2.45, 2.75) is 0 Å². The first-order valence-electron chi connectivity index (χ1n) is 3.35. The van der Waals surface area contributed by atoms with Crippen LogP contribution in [0.4, 0.5) is 0 Å². The van der Waals surface area contributed by atoms with Crippen molar-refractivity contribution >= 4 is 17.2 Å². The maximum absolute atomic E-state index is 5.67. The number of halogens is 1. The molecule has 5 heteroatoms. The Kier molecular flexibility index (Phi) is 1.62. The van der Waals surface area contributed by atoms with Gasteiger partial charge in [0.25, 0.3) is 0 Å². The second-order valence-electron chi connectivity index (χ2n) is 2.24. The molecule has 2 rings (SSSR count). The van der Waals surface area contributed by atoms with Crippen molar-refractivity contribution in [2.24, 2.45) is 0 Å². The molecular formula is C7H6ClN3O. The second kappa shape index (κ2) is 2.64. The summed E-state index contributed by atoms with van der Waals surface area (Å²) in [5.41, 5.74) is 0.719. The van der Waals surface area contributed by atoms with E-state index in [1.807, 2.05) is 0 Å². The lowest BCUT2D eigenvalue weighted by molar-refractivity contribution is 0.400. The number of ether oxygens (including phenoxy) is 1. The Hall–Kier alpha value is -1.29. The first-order chi connectivity index (χ1) is 5.79. The predicted molar refractivity (Wildman–Crippen MR) is 44.5 cm³/mol. The SMILES string of the molecule is COc1cn2nc(Cl)ccc2n1. The van der Waals surface area contributed by atoms with Crippen LogP contribution >= 0.6 is 11.6 Å². The van der Waals surface area contributed by atoms with E-state index in [0.29, 0.717) is 11.0 Å². The molecule has 2 aromatic heterocycles. The van der Waals surface area contributed by atoms with Crippen LogP contribution in [0.5, 0.6) is 5.88 Å². The van der Waals surface area contributed by atoms with E-state index in [4.69, 9.17) is 16.3 Å². The molecule has 0 unspecified atom stereocenters. The summed E-state index contributed by atoms with van der Waals surface area (Å²) >= 11 is 5.67. The molecule has 0 aliphatic carbocycles. The number of hydrogen-bond acceptors (Lipinski definition) is 3. The van der Waals surface area contributed by atoms with Gasteiger partial charge in [-0.1, -0.05) is 11.6 Å². The van der Waals surface area contributed by atoms with Crippen LogP contribution in [0.1, 0.15) is 0 Å². The highest BCUT2D eigenvalue weighted by Gasteiger charge is 2.01. The number of methoxy groups -OCH3 is 1. The van der Waals surface area contributed by atoms with Gasteiger partial charge in [0, 0.05) is 0 Å². The van der Waals surface area contributed by atoms with Crippen molar-refractivity contribution in [3.63, 3.8) is 0 Å². The maximum Gasteiger partial charge on any atom is 0.234 e. The van der Waals surface area contributed by atoms with Crippen molar-refractivity contribution in [3.8, 4) is 5.88 Å². The maximum atomic E-state index is 5.67. The summed E-state index contributed by atoms with van der Waals surface area (Å²) in [6.07, 6.45) is 1.67. The van der Waals surface area contributed by atoms with Crippen LogP contribution in [0, 0.1) is 0 Å². The van der Waals surface area contributed by atoms with E-state index in [2.05, 4.69) is 10.1 Å². The molecule has 0 atom stereocenters. The summed E-state index contributed by atoms with van der Waals surface area (Å²) < 4.78 is 6.49. The first-order valence-corrected chi connectivity index (χ1v) is 3.73. The Morgan fingerprint density at radius 3 is 3.08 bits per heavy atom. The van der Waals surface area contributed by atoms with Gasteiger partial charge in [-0.3, -0.25) is 0 Å². The number of rotatable bonds is 1. The summed E-state index contributed by atoms with van der Waals surface area (Å²) in [7, 11) is 1.56. The first kappa shape index (κ1) is 7.36. The van der Waals surface area contributed by atoms with Gasteiger partial charge in [0.05, 0.1) is 13.3 Å². The molecule has 0 aromatic carbocycles. The average molecular weight is 184 g/mol. The lowest BCUT2D eigenvalue weighted by Gasteiger charge is -1.89. The normalized spacial score (nSPS) is 10.5. The van der Waals surface area contributed by atoms with Crippen molar-refractivity contribution in [2.75, 3.05) is 7.11 Å². The Bertz CT molecular complexity index is 412. The highest BCUT2D eigenvalue weighted by Crippen LogP contribution is 2.11. The molecule has 2 heterocycles. The van der Waals surface area contributed by atoms with Crippen LogP contribution in [-0.4, -0.2) is 21.7 Å². The minimum absolute atomic E-state index is 0.433. The molecule has 0 saturated carbocycles. The topological polar surface area (TPSA) is 39.4 Å². The van der Waals surface area contributed by atoms with Gasteiger partial charge in [-0.25, -0.2) is 4.52 Å². The largest absolute Gasteiger partial charge is 0.480 e. The van der Waals surface area contributed by atoms with Crippen LogP contribution in [0.15, 0.2) is 18.3 Å². The van der Waals surface area contributed by atoms with Gasteiger partial charge in [0.15, 0.2) is 5.65 Å². The van der Waals surface area contributed by atoms with E-state index in [-0.39, 0.29) is 0 Å². The Morgan fingerprint density at radius 1 is 1.50 bits per heavy atom. The summed E-state index contributed by atoms with van der Waals surface area (Å²) in [4.78, 5) is 4.09. The molecule has 0 aliphatic heterocycles. The monoisotopic (exact) mass is 183 g/mol. The van der Waals surface area contributed by atoms with Gasteiger partial charge in [-0.05, 0) is 12.1 Å². The molecule has 12 heavy (non-hydrogen) atoms. The molecule has 0 spiro atoms. The molecule has 0 amide bonds. The Balaban J connectivity index is 2.67. The van der Waals surface area contributed by atoms with Crippen LogP contribution in [0.3, 0.4) is 0 Å². The zero-order chi connectivity index (χ0) is 8.55. The van der Waals surface area contributed by atoms with Crippen LogP contribution < -0.4 is 4.74 Å². The smallest absolute Gasteiger partial charge is 0.234 e. The summed E-state index contributed by atoms with van der Waals surface area (Å²) in [6.45, 7) is 0. The third kappa shape index (κ3) is 1.10. The van der Waals surface area contributed by atoms with Crippen molar-refractivity contribution < 1.29 is 4.74 Å². The molecular weight excluding hydrogens is 178 g/mol. The minimum atomic E-state index is 0.433. The molecule has 0 saturated heterocycles. The average Bonchev–Trinajstić information content (AvgIpc) is 2.46. The van der Waals surface area contributed by atoms with Crippen LogP contribution in [-0.2, 0) is 0 Å². The lowest BCUT2D eigenvalue weighted by Crippen LogP contribution is -1.88. The third-order valence-electron chi connectivity index (χ3n) is 1.47. The molecule has 0 aliphatic rings. The molecule has 0 fully saturated rings. The molecule has 2 aromatic rings. The molecule has 0 radical (unpaired) electrons. The second-order valence-corrected chi connectivity index (χ2v) is 2.63. The van der Waals surface area contributed by atoms with Gasteiger partial charge in [-0.15, -0.1) is 0 Å². The van der Waals surface area contributed by atoms with Crippen molar-refractivity contribution in [1.82, 2.24) is 14.6 Å². The number of imidazole rings is 1.